The van der Waals surface area contributed by atoms with Crippen molar-refractivity contribution in [2.45, 2.75) is 44.6 Å². The van der Waals surface area contributed by atoms with Gasteiger partial charge in [-0.1, -0.05) is 31.7 Å². The Morgan fingerprint density at radius 2 is 1.91 bits per heavy atom. The Morgan fingerprint density at radius 3 is 2.56 bits per heavy atom. The topological polar surface area (TPSA) is 78.5 Å². The van der Waals surface area contributed by atoms with Gasteiger partial charge in [0.2, 0.25) is 0 Å². The summed E-state index contributed by atoms with van der Waals surface area (Å²) in [6, 6.07) is 9.15. The molecule has 3 rings (SSSR count). The van der Waals surface area contributed by atoms with E-state index < -0.39 is 0 Å². The van der Waals surface area contributed by atoms with Gasteiger partial charge in [0.25, 0.3) is 5.91 Å². The lowest BCUT2D eigenvalue weighted by Gasteiger charge is -2.23. The van der Waals surface area contributed by atoms with Gasteiger partial charge in [-0.3, -0.25) is 4.79 Å². The van der Waals surface area contributed by atoms with Crippen molar-refractivity contribution in [3.05, 3.63) is 59.8 Å². The van der Waals surface area contributed by atoms with Crippen molar-refractivity contribution in [3.8, 4) is 11.5 Å². The summed E-state index contributed by atoms with van der Waals surface area (Å²) in [6.07, 6.45) is 3.65. The largest absolute Gasteiger partial charge is 0.490 e. The summed E-state index contributed by atoms with van der Waals surface area (Å²) in [5, 5.41) is 4.01. The van der Waals surface area contributed by atoms with Gasteiger partial charge in [0.15, 0.2) is 22.4 Å². The fourth-order valence-corrected chi connectivity index (χ4v) is 4.14. The molecule has 3 aromatic rings. The summed E-state index contributed by atoms with van der Waals surface area (Å²) in [7, 11) is 1.94. The number of aryl methyl sites for hydroxylation is 1. The molecule has 172 valence electrons. The van der Waals surface area contributed by atoms with E-state index in [-0.39, 0.29) is 17.9 Å². The minimum absolute atomic E-state index is 0.166. The zero-order valence-electron chi connectivity index (χ0n) is 19.3. The maximum Gasteiger partial charge on any atom is 0.287 e. The van der Waals surface area contributed by atoms with Gasteiger partial charge in [-0.2, -0.15) is 0 Å². The van der Waals surface area contributed by atoms with Crippen LogP contribution in [0.25, 0.3) is 0 Å². The summed E-state index contributed by atoms with van der Waals surface area (Å²) in [5.41, 5.74) is 0.956. The van der Waals surface area contributed by atoms with Crippen LogP contribution < -0.4 is 14.8 Å². The molecule has 2 heterocycles. The molecule has 0 radical (unpaired) electrons. The van der Waals surface area contributed by atoms with E-state index in [0.29, 0.717) is 36.2 Å². The summed E-state index contributed by atoms with van der Waals surface area (Å²) in [5.74, 6) is 2.92. The Hall–Kier alpha value is -2.87. The number of ether oxygens (including phenoxy) is 2. The van der Waals surface area contributed by atoms with Crippen LogP contribution in [0.5, 0.6) is 11.5 Å². The van der Waals surface area contributed by atoms with Gasteiger partial charge < -0.3 is 23.8 Å². The maximum atomic E-state index is 12.9. The van der Waals surface area contributed by atoms with Gasteiger partial charge in [-0.05, 0) is 49.6 Å². The molecular weight excluding hydrogens is 426 g/mol. The van der Waals surface area contributed by atoms with E-state index in [1.165, 1.54) is 0 Å². The summed E-state index contributed by atoms with van der Waals surface area (Å²) < 4.78 is 19.2. The third-order valence-corrected chi connectivity index (χ3v) is 5.97. The normalized spacial score (nSPS) is 12.1. The second-order valence-corrected chi connectivity index (χ2v) is 8.59. The monoisotopic (exact) mass is 457 g/mol. The number of hydrogen-bond acceptors (Lipinski definition) is 6. The van der Waals surface area contributed by atoms with Crippen molar-refractivity contribution in [1.82, 2.24) is 14.9 Å². The van der Waals surface area contributed by atoms with Crippen LogP contribution in [0, 0.1) is 5.92 Å². The highest BCUT2D eigenvalue weighted by Gasteiger charge is 2.22. The quantitative estimate of drug-likeness (QED) is 0.397. The number of carbonyl (C=O) groups is 1. The molecule has 1 aromatic carbocycles. The van der Waals surface area contributed by atoms with Crippen molar-refractivity contribution in [2.24, 2.45) is 13.0 Å². The van der Waals surface area contributed by atoms with Crippen LogP contribution in [0.1, 0.15) is 55.6 Å². The first-order chi connectivity index (χ1) is 15.4. The maximum absolute atomic E-state index is 12.9. The molecule has 1 atom stereocenters. The number of nitrogens with zero attached hydrogens (tertiary/aromatic N) is 2. The summed E-state index contributed by atoms with van der Waals surface area (Å²) >= 11 is 1.56. The van der Waals surface area contributed by atoms with E-state index in [1.807, 2.05) is 55.9 Å². The molecule has 1 unspecified atom stereocenters. The average molecular weight is 458 g/mol. The van der Waals surface area contributed by atoms with Gasteiger partial charge in [0.1, 0.15) is 5.76 Å². The number of nitrogens with one attached hydrogen (secondary N) is 1. The minimum Gasteiger partial charge on any atom is -0.490 e. The van der Waals surface area contributed by atoms with E-state index in [2.05, 4.69) is 24.1 Å². The second kappa shape index (κ2) is 11.1. The molecule has 0 aliphatic rings. The lowest BCUT2D eigenvalue weighted by Crippen LogP contribution is -2.31. The first kappa shape index (κ1) is 23.8. The summed E-state index contributed by atoms with van der Waals surface area (Å²) in [4.78, 5) is 17.2. The number of carbonyl (C=O) groups excluding carboxylic acids is 1. The molecule has 0 aliphatic carbocycles. The van der Waals surface area contributed by atoms with Crippen molar-refractivity contribution in [1.29, 1.82) is 0 Å². The molecule has 1 amide bonds. The first-order valence-corrected chi connectivity index (χ1v) is 11.8. The molecule has 0 saturated heterocycles. The molecule has 0 saturated carbocycles. The van der Waals surface area contributed by atoms with Gasteiger partial charge in [-0.15, -0.1) is 0 Å². The Kier molecular flexibility index (Phi) is 8.27. The van der Waals surface area contributed by atoms with Crippen LogP contribution in [-0.2, 0) is 12.8 Å². The molecule has 1 N–H and O–H groups in total. The molecule has 0 aliphatic heterocycles. The number of benzene rings is 1. The number of aromatic nitrogens is 2. The van der Waals surface area contributed by atoms with E-state index in [0.717, 1.165) is 16.5 Å². The summed E-state index contributed by atoms with van der Waals surface area (Å²) in [6.45, 7) is 9.10. The van der Waals surface area contributed by atoms with E-state index in [4.69, 9.17) is 13.9 Å². The van der Waals surface area contributed by atoms with Crippen molar-refractivity contribution in [2.75, 3.05) is 13.2 Å². The standard InChI is InChI=1S/C24H31N3O4S/c1-6-29-19-10-8-17(14-21(19)30-7-2)22(16(3)4)26-23(28)20-11-9-18(31-20)15-32-24-25-12-13-27(24)5/h8-14,16,22H,6-7,15H2,1-5H3,(H,26,28). The molecular formula is C24H31N3O4S. The van der Waals surface area contributed by atoms with Crippen LogP contribution in [0.15, 0.2) is 52.3 Å². The average Bonchev–Trinajstić information content (AvgIpc) is 3.40. The van der Waals surface area contributed by atoms with Crippen LogP contribution in [0.4, 0.5) is 0 Å². The zero-order chi connectivity index (χ0) is 23.1. The lowest BCUT2D eigenvalue weighted by atomic mass is 9.95. The smallest absolute Gasteiger partial charge is 0.287 e. The van der Waals surface area contributed by atoms with Crippen LogP contribution in [0.3, 0.4) is 0 Å². The number of imidazole rings is 1. The highest BCUT2D eigenvalue weighted by atomic mass is 32.2. The Balaban J connectivity index is 1.71. The predicted octanol–water partition coefficient (Wildman–Crippen LogP) is 5.23. The first-order valence-electron chi connectivity index (χ1n) is 10.8. The molecule has 7 nitrogen and oxygen atoms in total. The van der Waals surface area contributed by atoms with Gasteiger partial charge in [0.05, 0.1) is 25.0 Å². The molecule has 0 spiro atoms. The van der Waals surface area contributed by atoms with Crippen LogP contribution >= 0.6 is 11.8 Å². The predicted molar refractivity (Wildman–Crippen MR) is 125 cm³/mol. The van der Waals surface area contributed by atoms with Crippen LogP contribution in [0.2, 0.25) is 0 Å². The zero-order valence-corrected chi connectivity index (χ0v) is 20.1. The highest BCUT2D eigenvalue weighted by Crippen LogP contribution is 2.33. The van der Waals surface area contributed by atoms with Crippen molar-refractivity contribution in [3.63, 3.8) is 0 Å². The minimum atomic E-state index is -0.246. The Labute approximate surface area is 193 Å². The molecule has 0 fully saturated rings. The Bertz CT molecular complexity index is 1030. The van der Waals surface area contributed by atoms with Gasteiger partial charge in [-0.25, -0.2) is 4.98 Å². The second-order valence-electron chi connectivity index (χ2n) is 7.64. The fraction of sp³-hybridized carbons (Fsp3) is 0.417. The van der Waals surface area contributed by atoms with Gasteiger partial charge in [0, 0.05) is 19.4 Å². The SMILES string of the molecule is CCOc1ccc(C(NC(=O)c2ccc(CSc3nccn3C)o2)C(C)C)cc1OCC. The Morgan fingerprint density at radius 1 is 1.16 bits per heavy atom. The molecule has 2 aromatic heterocycles. The van der Waals surface area contributed by atoms with Crippen molar-refractivity contribution >= 4 is 17.7 Å². The third-order valence-electron chi connectivity index (χ3n) is 4.89. The third kappa shape index (κ3) is 5.88. The van der Waals surface area contributed by atoms with Crippen molar-refractivity contribution < 1.29 is 18.7 Å². The molecule has 8 heteroatoms. The number of rotatable bonds is 11. The van der Waals surface area contributed by atoms with Gasteiger partial charge >= 0.3 is 0 Å². The van der Waals surface area contributed by atoms with E-state index >= 15 is 0 Å². The number of furan rings is 1. The fourth-order valence-electron chi connectivity index (χ4n) is 3.31. The molecule has 0 bridgehead atoms. The number of thioether (sulfide) groups is 1. The van der Waals surface area contributed by atoms with Crippen LogP contribution in [-0.4, -0.2) is 28.7 Å². The number of amides is 1. The highest BCUT2D eigenvalue weighted by molar-refractivity contribution is 7.98. The molecule has 32 heavy (non-hydrogen) atoms. The van der Waals surface area contributed by atoms with E-state index in [9.17, 15) is 4.79 Å². The van der Waals surface area contributed by atoms with E-state index in [1.54, 1.807) is 24.0 Å². The lowest BCUT2D eigenvalue weighted by molar-refractivity contribution is 0.0896. The number of hydrogen-bond donors (Lipinski definition) is 1.